The van der Waals surface area contributed by atoms with E-state index in [1.807, 2.05) is 6.92 Å². The lowest BCUT2D eigenvalue weighted by molar-refractivity contribution is -0.137. The Kier molecular flexibility index (Phi) is 3.91. The number of nitrogens with two attached hydrogens (primary N) is 1. The molecule has 2 aromatic rings. The van der Waals surface area contributed by atoms with Crippen LogP contribution in [0.4, 0.5) is 13.2 Å². The first-order valence-corrected chi connectivity index (χ1v) is 6.56. The van der Waals surface area contributed by atoms with Crippen molar-refractivity contribution in [1.82, 2.24) is 4.98 Å². The van der Waals surface area contributed by atoms with Crippen molar-refractivity contribution < 1.29 is 13.2 Å². The van der Waals surface area contributed by atoms with Crippen molar-refractivity contribution in [1.29, 1.82) is 0 Å². The van der Waals surface area contributed by atoms with E-state index < -0.39 is 11.7 Å². The van der Waals surface area contributed by atoms with Gasteiger partial charge in [0.15, 0.2) is 0 Å². The zero-order valence-electron chi connectivity index (χ0n) is 10.2. The standard InChI is InChI=1S/C13H13F3N2S/c1-8(17)6-9-7-18-12(19-9)10-4-2-3-5-11(10)13(14,15)16/h2-5,7-8H,6,17H2,1H3. The fourth-order valence-corrected chi connectivity index (χ4v) is 2.85. The van der Waals surface area contributed by atoms with Crippen LogP contribution in [-0.2, 0) is 12.6 Å². The smallest absolute Gasteiger partial charge is 0.328 e. The number of thiazole rings is 1. The Morgan fingerprint density at radius 3 is 2.63 bits per heavy atom. The first-order chi connectivity index (χ1) is 8.88. The van der Waals surface area contributed by atoms with Gasteiger partial charge in [-0.2, -0.15) is 13.2 Å². The number of benzene rings is 1. The maximum atomic E-state index is 12.9. The second-order valence-electron chi connectivity index (χ2n) is 4.36. The minimum atomic E-state index is -4.37. The number of halogens is 3. The van der Waals surface area contributed by atoms with Gasteiger partial charge in [0.2, 0.25) is 0 Å². The highest BCUT2D eigenvalue weighted by molar-refractivity contribution is 7.15. The lowest BCUT2D eigenvalue weighted by Crippen LogP contribution is -2.16. The summed E-state index contributed by atoms with van der Waals surface area (Å²) in [6, 6.07) is 5.44. The zero-order chi connectivity index (χ0) is 14.0. The molecule has 1 heterocycles. The Bertz CT molecular complexity index is 561. The first-order valence-electron chi connectivity index (χ1n) is 5.75. The van der Waals surface area contributed by atoms with Gasteiger partial charge < -0.3 is 5.73 Å². The van der Waals surface area contributed by atoms with Gasteiger partial charge in [-0.05, 0) is 19.4 Å². The molecule has 0 amide bonds. The quantitative estimate of drug-likeness (QED) is 0.934. The molecule has 0 aliphatic heterocycles. The summed E-state index contributed by atoms with van der Waals surface area (Å²) < 4.78 is 38.7. The molecule has 1 unspecified atom stereocenters. The van der Waals surface area contributed by atoms with E-state index in [1.54, 1.807) is 12.3 Å². The van der Waals surface area contributed by atoms with E-state index in [2.05, 4.69) is 4.98 Å². The highest BCUT2D eigenvalue weighted by Gasteiger charge is 2.33. The summed E-state index contributed by atoms with van der Waals surface area (Å²) in [6.07, 6.45) is -2.16. The molecule has 6 heteroatoms. The van der Waals surface area contributed by atoms with Gasteiger partial charge >= 0.3 is 6.18 Å². The number of aromatic nitrogens is 1. The number of rotatable bonds is 3. The SMILES string of the molecule is CC(N)Cc1cnc(-c2ccccc2C(F)(F)F)s1. The molecule has 0 aliphatic carbocycles. The topological polar surface area (TPSA) is 38.9 Å². The van der Waals surface area contributed by atoms with Gasteiger partial charge in [-0.25, -0.2) is 4.98 Å². The number of hydrogen-bond acceptors (Lipinski definition) is 3. The average Bonchev–Trinajstić information content (AvgIpc) is 2.75. The van der Waals surface area contributed by atoms with Crippen molar-refractivity contribution in [2.75, 3.05) is 0 Å². The molecule has 2 rings (SSSR count). The van der Waals surface area contributed by atoms with Crippen molar-refractivity contribution in [3.63, 3.8) is 0 Å². The van der Waals surface area contributed by atoms with Crippen molar-refractivity contribution >= 4 is 11.3 Å². The van der Waals surface area contributed by atoms with E-state index in [0.29, 0.717) is 11.4 Å². The number of hydrogen-bond donors (Lipinski definition) is 1. The first kappa shape index (κ1) is 14.0. The molecule has 0 saturated carbocycles. The molecule has 0 radical (unpaired) electrons. The van der Waals surface area contributed by atoms with E-state index in [0.717, 1.165) is 10.9 Å². The Morgan fingerprint density at radius 2 is 2.00 bits per heavy atom. The van der Waals surface area contributed by atoms with E-state index in [9.17, 15) is 13.2 Å². The summed E-state index contributed by atoms with van der Waals surface area (Å²) in [4.78, 5) is 4.97. The van der Waals surface area contributed by atoms with Crippen molar-refractivity contribution in [3.8, 4) is 10.6 Å². The van der Waals surface area contributed by atoms with Crippen LogP contribution in [0.3, 0.4) is 0 Å². The molecule has 1 atom stereocenters. The number of nitrogens with zero attached hydrogens (tertiary/aromatic N) is 1. The summed E-state index contributed by atoms with van der Waals surface area (Å²) in [5, 5.41) is 0.378. The van der Waals surface area contributed by atoms with Gasteiger partial charge in [0.25, 0.3) is 0 Å². The van der Waals surface area contributed by atoms with Crippen molar-refractivity contribution in [2.24, 2.45) is 5.73 Å². The molecule has 0 bridgehead atoms. The fraction of sp³-hybridized carbons (Fsp3) is 0.308. The maximum absolute atomic E-state index is 12.9. The molecule has 2 nitrogen and oxygen atoms in total. The normalized spacial score (nSPS) is 13.5. The molecule has 0 fully saturated rings. The second-order valence-corrected chi connectivity index (χ2v) is 5.47. The van der Waals surface area contributed by atoms with Crippen LogP contribution in [0, 0.1) is 0 Å². The van der Waals surface area contributed by atoms with Gasteiger partial charge in [0, 0.05) is 22.7 Å². The van der Waals surface area contributed by atoms with Crippen LogP contribution >= 0.6 is 11.3 Å². The molecule has 0 saturated heterocycles. The van der Waals surface area contributed by atoms with Gasteiger partial charge in [-0.3, -0.25) is 0 Å². The van der Waals surface area contributed by atoms with E-state index in [-0.39, 0.29) is 11.6 Å². The molecule has 1 aromatic heterocycles. The number of alkyl halides is 3. The van der Waals surface area contributed by atoms with Crippen LogP contribution in [0.1, 0.15) is 17.4 Å². The molecule has 0 aliphatic rings. The Balaban J connectivity index is 2.39. The predicted octanol–water partition coefficient (Wildman–Crippen LogP) is 3.72. The van der Waals surface area contributed by atoms with Crippen molar-refractivity contribution in [3.05, 3.63) is 40.9 Å². The van der Waals surface area contributed by atoms with E-state index >= 15 is 0 Å². The molecule has 102 valence electrons. The minimum Gasteiger partial charge on any atom is -0.328 e. The van der Waals surface area contributed by atoms with Crippen LogP contribution in [-0.4, -0.2) is 11.0 Å². The van der Waals surface area contributed by atoms with Gasteiger partial charge in [-0.1, -0.05) is 18.2 Å². The summed E-state index contributed by atoms with van der Waals surface area (Å²) in [7, 11) is 0. The molecule has 0 spiro atoms. The Labute approximate surface area is 113 Å². The fourth-order valence-electron chi connectivity index (χ4n) is 1.76. The third-order valence-electron chi connectivity index (χ3n) is 2.54. The largest absolute Gasteiger partial charge is 0.417 e. The summed E-state index contributed by atoms with van der Waals surface area (Å²) in [5.74, 6) is 0. The van der Waals surface area contributed by atoms with Crippen LogP contribution in [0.15, 0.2) is 30.5 Å². The molecular formula is C13H13F3N2S. The third-order valence-corrected chi connectivity index (χ3v) is 3.59. The zero-order valence-corrected chi connectivity index (χ0v) is 11.1. The predicted molar refractivity (Wildman–Crippen MR) is 69.9 cm³/mol. The van der Waals surface area contributed by atoms with Crippen molar-refractivity contribution in [2.45, 2.75) is 25.6 Å². The molecule has 2 N–H and O–H groups in total. The maximum Gasteiger partial charge on any atom is 0.417 e. The highest BCUT2D eigenvalue weighted by atomic mass is 32.1. The highest BCUT2D eigenvalue weighted by Crippen LogP contribution is 2.38. The Morgan fingerprint density at radius 1 is 1.32 bits per heavy atom. The van der Waals surface area contributed by atoms with Crippen LogP contribution in [0.25, 0.3) is 10.6 Å². The van der Waals surface area contributed by atoms with Gasteiger partial charge in [-0.15, -0.1) is 11.3 Å². The molecule has 1 aromatic carbocycles. The van der Waals surface area contributed by atoms with E-state index in [1.165, 1.54) is 23.5 Å². The third kappa shape index (κ3) is 3.33. The van der Waals surface area contributed by atoms with Gasteiger partial charge in [0.05, 0.1) is 5.56 Å². The van der Waals surface area contributed by atoms with Gasteiger partial charge in [0.1, 0.15) is 5.01 Å². The van der Waals surface area contributed by atoms with Crippen LogP contribution in [0.2, 0.25) is 0 Å². The van der Waals surface area contributed by atoms with Crippen LogP contribution in [0.5, 0.6) is 0 Å². The lowest BCUT2D eigenvalue weighted by atomic mass is 10.1. The minimum absolute atomic E-state index is 0.0360. The monoisotopic (exact) mass is 286 g/mol. The average molecular weight is 286 g/mol. The summed E-state index contributed by atoms with van der Waals surface area (Å²) in [6.45, 7) is 1.85. The lowest BCUT2D eigenvalue weighted by Gasteiger charge is -2.10. The second kappa shape index (κ2) is 5.30. The summed E-state index contributed by atoms with van der Waals surface area (Å²) in [5.41, 5.74) is 5.14. The molecule has 19 heavy (non-hydrogen) atoms. The Hall–Kier alpha value is -1.40. The van der Waals surface area contributed by atoms with E-state index in [4.69, 9.17) is 5.73 Å². The summed E-state index contributed by atoms with van der Waals surface area (Å²) >= 11 is 1.25. The van der Waals surface area contributed by atoms with Crippen LogP contribution < -0.4 is 5.73 Å². The molecular weight excluding hydrogens is 273 g/mol.